The Labute approximate surface area is 241 Å². The molecule has 4 rings (SSSR count). The van der Waals surface area contributed by atoms with Crippen LogP contribution in [0.1, 0.15) is 95.9 Å². The van der Waals surface area contributed by atoms with Crippen LogP contribution in [-0.4, -0.2) is 96.4 Å². The summed E-state index contributed by atoms with van der Waals surface area (Å²) in [6.45, 7) is 25.6. The Kier molecular flexibility index (Phi) is 10.8. The Morgan fingerprint density at radius 1 is 0.475 bits per heavy atom. The SMILES string of the molecule is CC(C)(C)CC1OC(COC(C)(C)C)C2OC(O)C1O2.CC(C)(C)CC1OC(COC(C)(C)C)C2OC1OC2O. The normalized spacial score (nSPS) is 38.2. The van der Waals surface area contributed by atoms with Gasteiger partial charge in [0.25, 0.3) is 0 Å². The predicted octanol–water partition coefficient (Wildman–Crippen LogP) is 4.13. The highest BCUT2D eigenvalue weighted by atomic mass is 16.8. The lowest BCUT2D eigenvalue weighted by atomic mass is 9.87. The van der Waals surface area contributed by atoms with Crippen LogP contribution in [0.25, 0.3) is 0 Å². The van der Waals surface area contributed by atoms with Crippen LogP contribution in [0.5, 0.6) is 0 Å². The first-order valence-corrected chi connectivity index (χ1v) is 14.7. The van der Waals surface area contributed by atoms with E-state index < -0.39 is 37.4 Å². The van der Waals surface area contributed by atoms with E-state index in [4.69, 9.17) is 37.9 Å². The topological polar surface area (TPSA) is 114 Å². The molecule has 4 heterocycles. The Hall–Kier alpha value is -0.400. The molecule has 4 aliphatic heterocycles. The number of aliphatic hydroxyl groups is 2. The van der Waals surface area contributed by atoms with Crippen molar-refractivity contribution in [2.45, 2.75) is 169 Å². The van der Waals surface area contributed by atoms with E-state index in [0.29, 0.717) is 13.2 Å². The van der Waals surface area contributed by atoms with Gasteiger partial charge in [-0.1, -0.05) is 41.5 Å². The molecular weight excluding hydrogens is 520 g/mol. The first-order valence-electron chi connectivity index (χ1n) is 14.7. The molecule has 0 aliphatic carbocycles. The second-order valence-corrected chi connectivity index (χ2v) is 15.8. The third-order valence-electron chi connectivity index (χ3n) is 6.72. The first-order chi connectivity index (χ1) is 18.1. The Balaban J connectivity index is 0.000000220. The number of aliphatic hydroxyl groups excluding tert-OH is 2. The molecule has 4 bridgehead atoms. The van der Waals surface area contributed by atoms with Crippen molar-refractivity contribution in [2.75, 3.05) is 13.2 Å². The molecule has 4 saturated heterocycles. The van der Waals surface area contributed by atoms with Crippen molar-refractivity contribution in [1.29, 1.82) is 0 Å². The number of fused-ring (bicyclic) bond motifs is 4. The summed E-state index contributed by atoms with van der Waals surface area (Å²) in [7, 11) is 0. The molecule has 0 spiro atoms. The van der Waals surface area contributed by atoms with Crippen LogP contribution in [0.2, 0.25) is 0 Å². The average Bonchev–Trinajstić information content (AvgIpc) is 3.26. The molecule has 4 aliphatic rings. The van der Waals surface area contributed by atoms with Crippen LogP contribution in [0, 0.1) is 10.8 Å². The lowest BCUT2D eigenvalue weighted by Gasteiger charge is -2.37. The molecule has 40 heavy (non-hydrogen) atoms. The van der Waals surface area contributed by atoms with Crippen molar-refractivity contribution in [3.05, 3.63) is 0 Å². The van der Waals surface area contributed by atoms with Crippen LogP contribution in [-0.2, 0) is 37.9 Å². The van der Waals surface area contributed by atoms with Gasteiger partial charge in [-0.3, -0.25) is 0 Å². The summed E-state index contributed by atoms with van der Waals surface area (Å²) < 4.78 is 46.1. The minimum Gasteiger partial charge on any atom is -0.373 e. The van der Waals surface area contributed by atoms with Crippen molar-refractivity contribution in [3.63, 3.8) is 0 Å². The molecule has 4 fully saturated rings. The number of hydrogen-bond acceptors (Lipinski definition) is 10. The highest BCUT2D eigenvalue weighted by molar-refractivity contribution is 4.91. The third-order valence-corrected chi connectivity index (χ3v) is 6.72. The van der Waals surface area contributed by atoms with Crippen molar-refractivity contribution < 1.29 is 48.1 Å². The fraction of sp³-hybridized carbons (Fsp3) is 1.00. The van der Waals surface area contributed by atoms with Gasteiger partial charge in [-0.15, -0.1) is 0 Å². The highest BCUT2D eigenvalue weighted by Crippen LogP contribution is 2.38. The van der Waals surface area contributed by atoms with Gasteiger partial charge < -0.3 is 48.1 Å². The quantitative estimate of drug-likeness (QED) is 0.478. The monoisotopic (exact) mass is 576 g/mol. The molecule has 0 aromatic rings. The summed E-state index contributed by atoms with van der Waals surface area (Å²) in [6.07, 6.45) is -3.03. The van der Waals surface area contributed by atoms with Gasteiger partial charge in [0.05, 0.1) is 30.5 Å². The van der Waals surface area contributed by atoms with Gasteiger partial charge in [-0.05, 0) is 65.2 Å². The fourth-order valence-corrected chi connectivity index (χ4v) is 5.00. The van der Waals surface area contributed by atoms with Crippen molar-refractivity contribution in [3.8, 4) is 0 Å². The largest absolute Gasteiger partial charge is 0.373 e. The number of hydrogen-bond donors (Lipinski definition) is 2. The molecule has 10 heteroatoms. The maximum Gasteiger partial charge on any atom is 0.189 e. The molecule has 10 unspecified atom stereocenters. The smallest absolute Gasteiger partial charge is 0.189 e. The minimum atomic E-state index is -0.932. The fourth-order valence-electron chi connectivity index (χ4n) is 5.00. The summed E-state index contributed by atoms with van der Waals surface area (Å²) in [5.74, 6) is 0. The molecule has 0 saturated carbocycles. The number of rotatable bonds is 6. The van der Waals surface area contributed by atoms with Gasteiger partial charge >= 0.3 is 0 Å². The zero-order valence-electron chi connectivity index (χ0n) is 26.8. The summed E-state index contributed by atoms with van der Waals surface area (Å²) in [5.41, 5.74) is -0.285. The summed E-state index contributed by atoms with van der Waals surface area (Å²) in [4.78, 5) is 0. The summed E-state index contributed by atoms with van der Waals surface area (Å²) in [5, 5.41) is 19.9. The maximum absolute atomic E-state index is 9.94. The van der Waals surface area contributed by atoms with Gasteiger partial charge in [0.15, 0.2) is 25.2 Å². The van der Waals surface area contributed by atoms with Crippen LogP contribution in [0.15, 0.2) is 0 Å². The molecule has 10 nitrogen and oxygen atoms in total. The highest BCUT2D eigenvalue weighted by Gasteiger charge is 2.52. The van der Waals surface area contributed by atoms with Crippen LogP contribution < -0.4 is 0 Å². The second kappa shape index (κ2) is 12.7. The van der Waals surface area contributed by atoms with E-state index in [-0.39, 0.29) is 46.4 Å². The lowest BCUT2D eigenvalue weighted by molar-refractivity contribution is -0.250. The standard InChI is InChI=1S/2C15H28O5/c1-14(2,3)7-9-13-19-11(12(16)20-13)10(18-9)8-17-15(4,5)6;1-14(2,3)7-9-11-12(16)20-13(19-11)10(18-9)8-17-15(4,5)6/h2*9-13,16H,7-8H2,1-6H3. The molecule has 0 aromatic heterocycles. The summed E-state index contributed by atoms with van der Waals surface area (Å²) in [6, 6.07) is 0. The molecule has 2 N–H and O–H groups in total. The zero-order valence-corrected chi connectivity index (χ0v) is 26.8. The van der Waals surface area contributed by atoms with Crippen molar-refractivity contribution in [1.82, 2.24) is 0 Å². The van der Waals surface area contributed by atoms with E-state index in [9.17, 15) is 10.2 Å². The zero-order chi connectivity index (χ0) is 30.3. The van der Waals surface area contributed by atoms with Gasteiger partial charge in [0.2, 0.25) is 0 Å². The van der Waals surface area contributed by atoms with E-state index in [0.717, 1.165) is 12.8 Å². The average molecular weight is 577 g/mol. The second-order valence-electron chi connectivity index (χ2n) is 15.8. The van der Waals surface area contributed by atoms with Gasteiger partial charge in [0, 0.05) is 0 Å². The maximum atomic E-state index is 9.94. The van der Waals surface area contributed by atoms with E-state index >= 15 is 0 Å². The Bertz CT molecular complexity index is 792. The lowest BCUT2D eigenvalue weighted by Crippen LogP contribution is -2.49. The van der Waals surface area contributed by atoms with Crippen LogP contribution in [0.4, 0.5) is 0 Å². The third kappa shape index (κ3) is 10.4. The van der Waals surface area contributed by atoms with E-state index in [1.165, 1.54) is 0 Å². The van der Waals surface area contributed by atoms with Crippen molar-refractivity contribution >= 4 is 0 Å². The van der Waals surface area contributed by atoms with E-state index in [1.54, 1.807) is 0 Å². The Morgan fingerprint density at radius 2 is 0.850 bits per heavy atom. The Morgan fingerprint density at radius 3 is 1.30 bits per heavy atom. The molecule has 0 aromatic carbocycles. The minimum absolute atomic E-state index is 0.0958. The van der Waals surface area contributed by atoms with E-state index in [2.05, 4.69) is 41.5 Å². The predicted molar refractivity (Wildman–Crippen MR) is 148 cm³/mol. The first kappa shape index (κ1) is 34.1. The molecule has 236 valence electrons. The van der Waals surface area contributed by atoms with Gasteiger partial charge in [-0.2, -0.15) is 0 Å². The molecule has 10 atom stereocenters. The summed E-state index contributed by atoms with van der Waals surface area (Å²) >= 11 is 0. The molecular formula is C30H56O10. The van der Waals surface area contributed by atoms with Crippen LogP contribution in [0.3, 0.4) is 0 Å². The van der Waals surface area contributed by atoms with Gasteiger partial charge in [-0.25, -0.2) is 0 Å². The molecule has 0 radical (unpaired) electrons. The van der Waals surface area contributed by atoms with Crippen LogP contribution >= 0.6 is 0 Å². The van der Waals surface area contributed by atoms with E-state index in [1.807, 2.05) is 41.5 Å². The number of ether oxygens (including phenoxy) is 8. The van der Waals surface area contributed by atoms with Gasteiger partial charge in [0.1, 0.15) is 30.5 Å². The van der Waals surface area contributed by atoms with Crippen molar-refractivity contribution in [2.24, 2.45) is 10.8 Å². The molecule has 0 amide bonds.